The Morgan fingerprint density at radius 1 is 0.857 bits per heavy atom. The van der Waals surface area contributed by atoms with Crippen molar-refractivity contribution in [3.05, 3.63) is 56.8 Å². The van der Waals surface area contributed by atoms with Crippen LogP contribution in [0.2, 0.25) is 0 Å². The van der Waals surface area contributed by atoms with E-state index in [0.717, 1.165) is 45.4 Å². The van der Waals surface area contributed by atoms with E-state index in [1.165, 1.54) is 0 Å². The first-order chi connectivity index (χ1) is 13.0. The van der Waals surface area contributed by atoms with Crippen LogP contribution in [0.1, 0.15) is 64.9 Å². The molecule has 2 aliphatic carbocycles. The lowest BCUT2D eigenvalue weighted by Crippen LogP contribution is -2.46. The zero-order valence-electron chi connectivity index (χ0n) is 16.9. The van der Waals surface area contributed by atoms with Crippen molar-refractivity contribution < 1.29 is 9.59 Å². The molecule has 1 heterocycles. The predicted octanol–water partition coefficient (Wildman–Crippen LogP) is 5.01. The van der Waals surface area contributed by atoms with Gasteiger partial charge in [-0.1, -0.05) is 55.8 Å². The van der Waals surface area contributed by atoms with Crippen molar-refractivity contribution in [3.63, 3.8) is 0 Å². The first-order valence-corrected chi connectivity index (χ1v) is 10.6. The number of hydrazine groups is 1. The SMILES string of the molecule is CC1(C)CC(=O)C2=C(C1)N(N)C1=C(C(=O)CC(C)(C)C1)C2c1ccc(Br)cc1. The van der Waals surface area contributed by atoms with E-state index in [0.29, 0.717) is 12.8 Å². The quantitative estimate of drug-likeness (QED) is 0.620. The Morgan fingerprint density at radius 3 is 1.71 bits per heavy atom. The number of carbonyl (C=O) groups is 2. The van der Waals surface area contributed by atoms with Crippen LogP contribution in [-0.4, -0.2) is 16.6 Å². The van der Waals surface area contributed by atoms with Crippen molar-refractivity contribution in [2.24, 2.45) is 16.7 Å². The molecule has 0 bridgehead atoms. The number of allylic oxidation sites excluding steroid dienone is 4. The molecule has 3 aliphatic rings. The van der Waals surface area contributed by atoms with Gasteiger partial charge >= 0.3 is 0 Å². The Hall–Kier alpha value is -1.72. The summed E-state index contributed by atoms with van der Waals surface area (Å²) in [5.74, 6) is 6.49. The van der Waals surface area contributed by atoms with Gasteiger partial charge in [0.05, 0.1) is 0 Å². The average molecular weight is 443 g/mol. The van der Waals surface area contributed by atoms with E-state index in [-0.39, 0.29) is 28.3 Å². The largest absolute Gasteiger partial charge is 0.294 e. The fourth-order valence-electron chi connectivity index (χ4n) is 4.98. The summed E-state index contributed by atoms with van der Waals surface area (Å²) in [5, 5.41) is 1.68. The van der Waals surface area contributed by atoms with E-state index in [1.54, 1.807) is 5.01 Å². The summed E-state index contributed by atoms with van der Waals surface area (Å²) in [5.41, 5.74) is 3.93. The van der Waals surface area contributed by atoms with Crippen molar-refractivity contribution >= 4 is 27.5 Å². The molecule has 0 amide bonds. The van der Waals surface area contributed by atoms with E-state index >= 15 is 0 Å². The molecule has 1 aromatic carbocycles. The van der Waals surface area contributed by atoms with E-state index in [1.807, 2.05) is 24.3 Å². The summed E-state index contributed by atoms with van der Waals surface area (Å²) in [4.78, 5) is 26.5. The number of carbonyl (C=O) groups excluding carboxylic acids is 2. The Labute approximate surface area is 174 Å². The molecular formula is C23H27BrN2O2. The smallest absolute Gasteiger partial charge is 0.162 e. The first-order valence-electron chi connectivity index (χ1n) is 9.82. The highest BCUT2D eigenvalue weighted by atomic mass is 79.9. The van der Waals surface area contributed by atoms with E-state index in [2.05, 4.69) is 43.6 Å². The number of benzene rings is 1. The van der Waals surface area contributed by atoms with E-state index < -0.39 is 0 Å². The Balaban J connectivity index is 1.96. The van der Waals surface area contributed by atoms with Gasteiger partial charge in [-0.2, -0.15) is 0 Å². The van der Waals surface area contributed by atoms with Crippen molar-refractivity contribution in [1.82, 2.24) is 5.01 Å². The molecular weight excluding hydrogens is 416 g/mol. The van der Waals surface area contributed by atoms with Gasteiger partial charge in [-0.25, -0.2) is 5.84 Å². The van der Waals surface area contributed by atoms with Gasteiger partial charge < -0.3 is 0 Å². The van der Waals surface area contributed by atoms with Crippen LogP contribution in [0, 0.1) is 10.8 Å². The standard InChI is InChI=1S/C23H27BrN2O2/c1-22(2)9-15-20(17(27)11-22)19(13-5-7-14(24)8-6-13)21-16(26(15)25)10-23(3,4)12-18(21)28/h5-8,19H,9-12,25H2,1-4H3. The lowest BCUT2D eigenvalue weighted by molar-refractivity contribution is -0.119. The highest BCUT2D eigenvalue weighted by Gasteiger charge is 2.48. The summed E-state index contributed by atoms with van der Waals surface area (Å²) >= 11 is 3.48. The lowest BCUT2D eigenvalue weighted by atomic mass is 9.64. The monoisotopic (exact) mass is 442 g/mol. The van der Waals surface area contributed by atoms with Gasteiger partial charge in [-0.05, 0) is 41.4 Å². The number of rotatable bonds is 1. The minimum absolute atomic E-state index is 0.110. The van der Waals surface area contributed by atoms with Crippen LogP contribution in [-0.2, 0) is 9.59 Å². The maximum absolute atomic E-state index is 13.3. The zero-order chi connectivity index (χ0) is 20.4. The normalized spacial score (nSPS) is 24.4. The van der Waals surface area contributed by atoms with Crippen LogP contribution >= 0.6 is 15.9 Å². The summed E-state index contributed by atoms with van der Waals surface area (Å²) < 4.78 is 0.975. The number of ketones is 2. The van der Waals surface area contributed by atoms with E-state index in [9.17, 15) is 9.59 Å². The number of hydrogen-bond donors (Lipinski definition) is 1. The van der Waals surface area contributed by atoms with Gasteiger partial charge in [-0.15, -0.1) is 0 Å². The van der Waals surface area contributed by atoms with Gasteiger partial charge in [0.15, 0.2) is 11.6 Å². The highest BCUT2D eigenvalue weighted by Crippen LogP contribution is 2.53. The molecule has 0 saturated carbocycles. The maximum atomic E-state index is 13.3. The minimum atomic E-state index is -0.315. The second kappa shape index (κ2) is 6.39. The van der Waals surface area contributed by atoms with Gasteiger partial charge in [-0.3, -0.25) is 14.6 Å². The molecule has 0 atom stereocenters. The summed E-state index contributed by atoms with van der Waals surface area (Å²) in [6.07, 6.45) is 2.44. The van der Waals surface area contributed by atoms with E-state index in [4.69, 9.17) is 5.84 Å². The number of nitrogens with zero attached hydrogens (tertiary/aromatic N) is 1. The molecule has 0 unspecified atom stereocenters. The molecule has 1 aliphatic heterocycles. The minimum Gasteiger partial charge on any atom is -0.294 e. The third-order valence-corrected chi connectivity index (χ3v) is 6.68. The molecule has 1 aromatic rings. The molecule has 0 spiro atoms. The van der Waals surface area contributed by atoms with Crippen LogP contribution in [0.25, 0.3) is 0 Å². The van der Waals surface area contributed by atoms with Crippen LogP contribution in [0.3, 0.4) is 0 Å². The maximum Gasteiger partial charge on any atom is 0.162 e. The second-order valence-electron chi connectivity index (χ2n) is 9.96. The average Bonchev–Trinajstić information content (AvgIpc) is 2.56. The van der Waals surface area contributed by atoms with Crippen molar-refractivity contribution in [1.29, 1.82) is 0 Å². The first kappa shape index (κ1) is 19.6. The molecule has 28 heavy (non-hydrogen) atoms. The third kappa shape index (κ3) is 3.18. The van der Waals surface area contributed by atoms with Crippen LogP contribution in [0.4, 0.5) is 0 Å². The number of hydrogen-bond acceptors (Lipinski definition) is 4. The third-order valence-electron chi connectivity index (χ3n) is 6.16. The van der Waals surface area contributed by atoms with Gasteiger partial charge in [0.2, 0.25) is 0 Å². The summed E-state index contributed by atoms with van der Waals surface area (Å²) in [7, 11) is 0. The Bertz CT molecular complexity index is 884. The van der Waals surface area contributed by atoms with Crippen molar-refractivity contribution in [3.8, 4) is 0 Å². The fraction of sp³-hybridized carbons (Fsp3) is 0.478. The molecule has 4 rings (SSSR count). The number of halogens is 1. The molecule has 148 valence electrons. The number of Topliss-reactive ketones (excluding diaryl/α,β-unsaturated/α-hetero) is 2. The molecule has 0 radical (unpaired) electrons. The van der Waals surface area contributed by atoms with Crippen molar-refractivity contribution in [2.75, 3.05) is 0 Å². The molecule has 4 nitrogen and oxygen atoms in total. The number of nitrogens with two attached hydrogens (primary N) is 1. The second-order valence-corrected chi connectivity index (χ2v) is 10.9. The topological polar surface area (TPSA) is 63.4 Å². The summed E-state index contributed by atoms with van der Waals surface area (Å²) in [6, 6.07) is 7.96. The molecule has 5 heteroatoms. The van der Waals surface area contributed by atoms with Crippen LogP contribution < -0.4 is 5.84 Å². The van der Waals surface area contributed by atoms with Crippen molar-refractivity contribution in [2.45, 2.75) is 59.3 Å². The van der Waals surface area contributed by atoms with Gasteiger partial charge in [0.25, 0.3) is 0 Å². The zero-order valence-corrected chi connectivity index (χ0v) is 18.5. The highest BCUT2D eigenvalue weighted by molar-refractivity contribution is 9.10. The fourth-order valence-corrected chi connectivity index (χ4v) is 5.25. The molecule has 2 N–H and O–H groups in total. The van der Waals surface area contributed by atoms with Gasteiger partial charge in [0, 0.05) is 45.8 Å². The molecule has 0 fully saturated rings. The predicted molar refractivity (Wildman–Crippen MR) is 113 cm³/mol. The Morgan fingerprint density at radius 2 is 1.29 bits per heavy atom. The molecule has 0 saturated heterocycles. The summed E-state index contributed by atoms with van der Waals surface area (Å²) in [6.45, 7) is 8.43. The van der Waals surface area contributed by atoms with Gasteiger partial charge in [0.1, 0.15) is 0 Å². The van der Waals surface area contributed by atoms with Crippen LogP contribution in [0.5, 0.6) is 0 Å². The lowest BCUT2D eigenvalue weighted by Gasteiger charge is -2.47. The molecule has 0 aromatic heterocycles. The van der Waals surface area contributed by atoms with Crippen LogP contribution in [0.15, 0.2) is 51.3 Å². The Kier molecular flexibility index (Phi) is 4.47.